The number of hydrogen-bond acceptors (Lipinski definition) is 3. The average molecular weight is 361 g/mol. The van der Waals surface area contributed by atoms with E-state index < -0.39 is 28.7 Å². The average Bonchev–Trinajstić information content (AvgIpc) is 2.52. The number of Topliss-reactive ketones (excluding diaryl/α,β-unsaturated/α-hetero) is 1. The lowest BCUT2D eigenvalue weighted by Crippen LogP contribution is -2.23. The van der Waals surface area contributed by atoms with E-state index in [1.54, 1.807) is 0 Å². The van der Waals surface area contributed by atoms with Crippen LogP contribution in [0.25, 0.3) is 0 Å². The van der Waals surface area contributed by atoms with E-state index in [2.05, 4.69) is 0 Å². The molecule has 3 rings (SSSR count). The number of halogens is 2. The second kappa shape index (κ2) is 6.76. The number of carbonyl (C=O) groups excluding carboxylic acids is 2. The minimum absolute atomic E-state index is 0.00717. The Kier molecular flexibility index (Phi) is 4.68. The highest BCUT2D eigenvalue weighted by Gasteiger charge is 2.30. The van der Waals surface area contributed by atoms with Crippen molar-refractivity contribution in [3.63, 3.8) is 0 Å². The van der Waals surface area contributed by atoms with Gasteiger partial charge in [-0.1, -0.05) is 18.0 Å². The fourth-order valence-corrected chi connectivity index (χ4v) is 2.93. The summed E-state index contributed by atoms with van der Waals surface area (Å²) in [7, 11) is 0. The molecule has 0 heterocycles. The van der Waals surface area contributed by atoms with Crippen LogP contribution in [0.3, 0.4) is 0 Å². The Balaban J connectivity index is 2.06. The van der Waals surface area contributed by atoms with Crippen LogP contribution in [0.1, 0.15) is 55.9 Å². The van der Waals surface area contributed by atoms with Crippen molar-refractivity contribution >= 4 is 29.1 Å². The smallest absolute Gasteiger partial charge is 0.336 e. The van der Waals surface area contributed by atoms with Crippen molar-refractivity contribution in [3.8, 4) is 0 Å². The summed E-state index contributed by atoms with van der Waals surface area (Å²) in [5.41, 5.74) is -0.960. The first kappa shape index (κ1) is 17.3. The predicted molar refractivity (Wildman–Crippen MR) is 89.9 cm³/mol. The van der Waals surface area contributed by atoms with Crippen LogP contribution in [0.15, 0.2) is 36.4 Å². The molecule has 1 fully saturated rings. The van der Waals surface area contributed by atoms with Crippen LogP contribution in [0.4, 0.5) is 4.39 Å². The van der Waals surface area contributed by atoms with Crippen LogP contribution < -0.4 is 0 Å². The number of carbonyl (C=O) groups is 3. The molecule has 0 atom stereocenters. The maximum atomic E-state index is 14.6. The second-order valence-corrected chi connectivity index (χ2v) is 6.45. The van der Waals surface area contributed by atoms with E-state index >= 15 is 0 Å². The van der Waals surface area contributed by atoms with Gasteiger partial charge in [0.1, 0.15) is 5.82 Å². The van der Waals surface area contributed by atoms with Crippen molar-refractivity contribution in [2.24, 2.45) is 5.92 Å². The Bertz CT molecular complexity index is 870. The summed E-state index contributed by atoms with van der Waals surface area (Å²) in [6.07, 6.45) is 2.36. The third-order valence-corrected chi connectivity index (χ3v) is 4.67. The molecule has 4 nitrogen and oxygen atoms in total. The van der Waals surface area contributed by atoms with Gasteiger partial charge >= 0.3 is 5.97 Å². The number of benzene rings is 2. The van der Waals surface area contributed by atoms with E-state index in [0.717, 1.165) is 18.6 Å². The van der Waals surface area contributed by atoms with Gasteiger partial charge in [-0.2, -0.15) is 0 Å². The van der Waals surface area contributed by atoms with Crippen molar-refractivity contribution in [1.82, 2.24) is 0 Å². The zero-order chi connectivity index (χ0) is 18.1. The van der Waals surface area contributed by atoms with Gasteiger partial charge < -0.3 is 5.11 Å². The number of rotatable bonds is 5. The molecule has 0 aromatic heterocycles. The number of carboxylic acids is 1. The van der Waals surface area contributed by atoms with Gasteiger partial charge in [-0.3, -0.25) is 9.59 Å². The quantitative estimate of drug-likeness (QED) is 0.802. The van der Waals surface area contributed by atoms with Crippen LogP contribution in [0, 0.1) is 11.7 Å². The molecule has 1 aliphatic rings. The van der Waals surface area contributed by atoms with E-state index in [0.29, 0.717) is 17.9 Å². The lowest BCUT2D eigenvalue weighted by Gasteiger charge is -2.24. The van der Waals surface area contributed by atoms with Crippen LogP contribution in [-0.4, -0.2) is 22.6 Å². The number of hydrogen-bond donors (Lipinski definition) is 1. The summed E-state index contributed by atoms with van der Waals surface area (Å²) in [5.74, 6) is -3.71. The normalized spacial score (nSPS) is 14.0. The topological polar surface area (TPSA) is 71.4 Å². The summed E-state index contributed by atoms with van der Waals surface area (Å²) in [6.45, 7) is 0. The van der Waals surface area contributed by atoms with Crippen LogP contribution in [-0.2, 0) is 0 Å². The Morgan fingerprint density at radius 2 is 1.68 bits per heavy atom. The molecule has 0 aliphatic heterocycles. The molecule has 1 saturated carbocycles. The Morgan fingerprint density at radius 3 is 2.20 bits per heavy atom. The van der Waals surface area contributed by atoms with Gasteiger partial charge in [0.05, 0.1) is 11.1 Å². The lowest BCUT2D eigenvalue weighted by atomic mass is 9.79. The van der Waals surface area contributed by atoms with Gasteiger partial charge in [0.2, 0.25) is 0 Å². The minimum Gasteiger partial charge on any atom is -0.478 e. The van der Waals surface area contributed by atoms with Crippen LogP contribution in [0.2, 0.25) is 5.02 Å². The minimum atomic E-state index is -1.46. The monoisotopic (exact) mass is 360 g/mol. The molecule has 1 aliphatic carbocycles. The highest BCUT2D eigenvalue weighted by Crippen LogP contribution is 2.31. The van der Waals surface area contributed by atoms with Crippen molar-refractivity contribution in [2.75, 3.05) is 0 Å². The molecule has 1 N–H and O–H groups in total. The van der Waals surface area contributed by atoms with Crippen molar-refractivity contribution in [2.45, 2.75) is 19.3 Å². The van der Waals surface area contributed by atoms with E-state index in [4.69, 9.17) is 11.6 Å². The first-order chi connectivity index (χ1) is 11.9. The molecule has 0 radical (unpaired) electrons. The molecule has 0 unspecified atom stereocenters. The van der Waals surface area contributed by atoms with E-state index in [9.17, 15) is 23.9 Å². The van der Waals surface area contributed by atoms with Gasteiger partial charge in [0.25, 0.3) is 0 Å². The van der Waals surface area contributed by atoms with E-state index in [1.165, 1.54) is 24.3 Å². The standard InChI is InChI=1S/C19H14ClFO4/c20-13-6-4-11(5-7-13)18(23)16-14(19(24)25)8-12(9-15(16)21)17(22)10-2-1-3-10/h4-10H,1-3H2,(H,24,25). The molecule has 25 heavy (non-hydrogen) atoms. The lowest BCUT2D eigenvalue weighted by molar-refractivity contribution is 0.0692. The third-order valence-electron chi connectivity index (χ3n) is 4.41. The summed E-state index contributed by atoms with van der Waals surface area (Å²) in [4.78, 5) is 36.4. The van der Waals surface area contributed by atoms with Gasteiger partial charge in [-0.15, -0.1) is 0 Å². The van der Waals surface area contributed by atoms with Gasteiger partial charge in [-0.05, 0) is 49.2 Å². The molecule has 0 bridgehead atoms. The molecule has 2 aromatic carbocycles. The molecule has 0 amide bonds. The molecule has 2 aromatic rings. The molecular weight excluding hydrogens is 347 g/mol. The zero-order valence-electron chi connectivity index (χ0n) is 13.1. The maximum absolute atomic E-state index is 14.6. The van der Waals surface area contributed by atoms with E-state index in [1.807, 2.05) is 0 Å². The van der Waals surface area contributed by atoms with E-state index in [-0.39, 0.29) is 22.8 Å². The first-order valence-corrected chi connectivity index (χ1v) is 8.17. The number of ketones is 2. The molecule has 128 valence electrons. The molecule has 0 saturated heterocycles. The molecule has 0 spiro atoms. The third kappa shape index (κ3) is 3.33. The summed E-state index contributed by atoms with van der Waals surface area (Å²) < 4.78 is 14.6. The molecular formula is C19H14ClFO4. The number of aromatic carboxylic acids is 1. The highest BCUT2D eigenvalue weighted by atomic mass is 35.5. The van der Waals surface area contributed by atoms with Gasteiger partial charge in [0, 0.05) is 22.1 Å². The van der Waals surface area contributed by atoms with Crippen LogP contribution >= 0.6 is 11.6 Å². The Morgan fingerprint density at radius 1 is 1.04 bits per heavy atom. The number of carboxylic acid groups (broad SMARTS) is 1. The van der Waals surface area contributed by atoms with Gasteiger partial charge in [-0.25, -0.2) is 9.18 Å². The molecule has 6 heteroatoms. The first-order valence-electron chi connectivity index (χ1n) is 7.80. The van der Waals surface area contributed by atoms with Crippen LogP contribution in [0.5, 0.6) is 0 Å². The van der Waals surface area contributed by atoms with Gasteiger partial charge in [0.15, 0.2) is 11.6 Å². The Hall–Kier alpha value is -2.53. The largest absolute Gasteiger partial charge is 0.478 e. The second-order valence-electron chi connectivity index (χ2n) is 6.01. The SMILES string of the molecule is O=C(O)c1cc(C(=O)C2CCC2)cc(F)c1C(=O)c1ccc(Cl)cc1. The zero-order valence-corrected chi connectivity index (χ0v) is 13.8. The summed E-state index contributed by atoms with van der Waals surface area (Å²) in [5, 5.41) is 9.79. The summed E-state index contributed by atoms with van der Waals surface area (Å²) >= 11 is 5.76. The fourth-order valence-electron chi connectivity index (χ4n) is 2.80. The van der Waals surface area contributed by atoms with Crippen molar-refractivity contribution in [1.29, 1.82) is 0 Å². The van der Waals surface area contributed by atoms with Crippen molar-refractivity contribution in [3.05, 3.63) is 69.5 Å². The Labute approximate surface area is 148 Å². The fraction of sp³-hybridized carbons (Fsp3) is 0.211. The van der Waals surface area contributed by atoms with Crippen molar-refractivity contribution < 1.29 is 23.9 Å². The summed E-state index contributed by atoms with van der Waals surface area (Å²) in [6, 6.07) is 7.75. The predicted octanol–water partition coefficient (Wildman–Crippen LogP) is 4.39. The highest BCUT2D eigenvalue weighted by molar-refractivity contribution is 6.30. The maximum Gasteiger partial charge on any atom is 0.336 e.